The van der Waals surface area contributed by atoms with Gasteiger partial charge in [-0.1, -0.05) is 33.1 Å². The molecule has 19 heavy (non-hydrogen) atoms. The molecule has 3 rings (SSSR count). The molecule has 1 aliphatic heterocycles. The van der Waals surface area contributed by atoms with Crippen LogP contribution in [0.1, 0.15) is 52.4 Å². The number of hydrogen-bond acceptors (Lipinski definition) is 2. The lowest BCUT2D eigenvalue weighted by Crippen LogP contribution is -2.67. The molecule has 0 aromatic heterocycles. The molecule has 2 amide bonds. The SMILES string of the molecule is CC1(C)CC1CN1CC(=O)NC2(CCCCC2)C1=O. The monoisotopic (exact) mass is 264 g/mol. The lowest BCUT2D eigenvalue weighted by atomic mass is 9.79. The van der Waals surface area contributed by atoms with Crippen LogP contribution in [0.5, 0.6) is 0 Å². The van der Waals surface area contributed by atoms with Crippen molar-refractivity contribution < 1.29 is 9.59 Å². The van der Waals surface area contributed by atoms with Crippen molar-refractivity contribution in [1.29, 1.82) is 0 Å². The molecule has 1 N–H and O–H groups in total. The molecule has 4 heteroatoms. The quantitative estimate of drug-likeness (QED) is 0.825. The summed E-state index contributed by atoms with van der Waals surface area (Å²) in [5.74, 6) is 0.775. The predicted octanol–water partition coefficient (Wildman–Crippen LogP) is 1.69. The standard InChI is InChI=1S/C15H24N2O2/c1-14(2)8-11(14)9-17-10-12(18)16-15(13(17)19)6-4-3-5-7-15/h11H,3-10H2,1-2H3,(H,16,18). The van der Waals surface area contributed by atoms with Crippen LogP contribution in [0.2, 0.25) is 0 Å². The van der Waals surface area contributed by atoms with Crippen molar-refractivity contribution in [3.63, 3.8) is 0 Å². The van der Waals surface area contributed by atoms with Crippen LogP contribution < -0.4 is 5.32 Å². The topological polar surface area (TPSA) is 49.4 Å². The number of nitrogens with one attached hydrogen (secondary N) is 1. The summed E-state index contributed by atoms with van der Waals surface area (Å²) in [6.45, 7) is 5.50. The molecule has 3 aliphatic rings. The van der Waals surface area contributed by atoms with Crippen LogP contribution in [0.25, 0.3) is 0 Å². The van der Waals surface area contributed by atoms with Gasteiger partial charge in [0.2, 0.25) is 11.8 Å². The highest BCUT2D eigenvalue weighted by Gasteiger charge is 2.51. The average molecular weight is 264 g/mol. The third-order valence-electron chi connectivity index (χ3n) is 5.28. The van der Waals surface area contributed by atoms with Crippen LogP contribution in [0.3, 0.4) is 0 Å². The summed E-state index contributed by atoms with van der Waals surface area (Å²) in [6, 6.07) is 0. The Labute approximate surface area is 114 Å². The third kappa shape index (κ3) is 2.26. The Hall–Kier alpha value is -1.06. The molecule has 0 aromatic rings. The molecule has 0 radical (unpaired) electrons. The molecular formula is C15H24N2O2. The lowest BCUT2D eigenvalue weighted by molar-refractivity contribution is -0.151. The highest BCUT2D eigenvalue weighted by molar-refractivity contribution is 5.98. The predicted molar refractivity (Wildman–Crippen MR) is 72.4 cm³/mol. The van der Waals surface area contributed by atoms with Crippen molar-refractivity contribution in [2.45, 2.75) is 57.9 Å². The Morgan fingerprint density at radius 1 is 1.21 bits per heavy atom. The van der Waals surface area contributed by atoms with Gasteiger partial charge in [0, 0.05) is 6.54 Å². The van der Waals surface area contributed by atoms with Crippen molar-refractivity contribution >= 4 is 11.8 Å². The second kappa shape index (κ2) is 4.22. The van der Waals surface area contributed by atoms with Crippen LogP contribution >= 0.6 is 0 Å². The zero-order valence-electron chi connectivity index (χ0n) is 12.0. The van der Waals surface area contributed by atoms with E-state index in [1.165, 1.54) is 12.8 Å². The van der Waals surface area contributed by atoms with Crippen molar-refractivity contribution in [2.75, 3.05) is 13.1 Å². The van der Waals surface area contributed by atoms with E-state index >= 15 is 0 Å². The van der Waals surface area contributed by atoms with E-state index in [4.69, 9.17) is 0 Å². The largest absolute Gasteiger partial charge is 0.340 e. The first-order valence-corrected chi connectivity index (χ1v) is 7.53. The smallest absolute Gasteiger partial charge is 0.248 e. The first-order valence-electron chi connectivity index (χ1n) is 7.53. The molecule has 3 fully saturated rings. The summed E-state index contributed by atoms with van der Waals surface area (Å²) in [6.07, 6.45) is 6.10. The lowest BCUT2D eigenvalue weighted by Gasteiger charge is -2.44. The maximum atomic E-state index is 12.7. The fraction of sp³-hybridized carbons (Fsp3) is 0.867. The van der Waals surface area contributed by atoms with Crippen molar-refractivity contribution in [3.05, 3.63) is 0 Å². The number of rotatable bonds is 2. The van der Waals surface area contributed by atoms with Gasteiger partial charge < -0.3 is 10.2 Å². The van der Waals surface area contributed by atoms with Gasteiger partial charge >= 0.3 is 0 Å². The maximum absolute atomic E-state index is 12.7. The normalized spacial score (nSPS) is 32.3. The van der Waals surface area contributed by atoms with Gasteiger partial charge in [-0.3, -0.25) is 9.59 Å². The molecule has 106 valence electrons. The van der Waals surface area contributed by atoms with Crippen LogP contribution in [-0.4, -0.2) is 35.3 Å². The van der Waals surface area contributed by atoms with E-state index in [9.17, 15) is 9.59 Å². The van der Waals surface area contributed by atoms with Crippen LogP contribution in [0.15, 0.2) is 0 Å². The molecule has 0 bridgehead atoms. The Bertz CT molecular complexity index is 410. The summed E-state index contributed by atoms with van der Waals surface area (Å²) < 4.78 is 0. The van der Waals surface area contributed by atoms with E-state index in [2.05, 4.69) is 19.2 Å². The van der Waals surface area contributed by atoms with Gasteiger partial charge in [-0.25, -0.2) is 0 Å². The minimum Gasteiger partial charge on any atom is -0.340 e. The Balaban J connectivity index is 1.74. The van der Waals surface area contributed by atoms with Crippen LogP contribution in [0.4, 0.5) is 0 Å². The van der Waals surface area contributed by atoms with Gasteiger partial charge in [-0.05, 0) is 30.6 Å². The second-order valence-electron chi connectivity index (χ2n) is 7.27. The fourth-order valence-corrected chi connectivity index (χ4v) is 3.70. The highest BCUT2D eigenvalue weighted by Crippen LogP contribution is 2.52. The number of carbonyl (C=O) groups is 2. The maximum Gasteiger partial charge on any atom is 0.248 e. The van der Waals surface area contributed by atoms with Crippen LogP contribution in [-0.2, 0) is 9.59 Å². The number of amides is 2. The molecule has 4 nitrogen and oxygen atoms in total. The van der Waals surface area contributed by atoms with Gasteiger partial charge in [-0.15, -0.1) is 0 Å². The summed E-state index contributed by atoms with van der Waals surface area (Å²) in [7, 11) is 0. The summed E-state index contributed by atoms with van der Waals surface area (Å²) in [5.41, 5.74) is -0.208. The zero-order chi connectivity index (χ0) is 13.7. The molecular weight excluding hydrogens is 240 g/mol. The first kappa shape index (κ1) is 12.9. The van der Waals surface area contributed by atoms with Gasteiger partial charge in [-0.2, -0.15) is 0 Å². The summed E-state index contributed by atoms with van der Waals surface area (Å²) in [4.78, 5) is 26.5. The summed E-state index contributed by atoms with van der Waals surface area (Å²) >= 11 is 0. The summed E-state index contributed by atoms with van der Waals surface area (Å²) in [5, 5.41) is 3.00. The second-order valence-corrected chi connectivity index (χ2v) is 7.27. The number of carbonyl (C=O) groups excluding carboxylic acids is 2. The Morgan fingerprint density at radius 3 is 2.42 bits per heavy atom. The Morgan fingerprint density at radius 2 is 1.84 bits per heavy atom. The number of hydrogen-bond donors (Lipinski definition) is 1. The van der Waals surface area contributed by atoms with Crippen LogP contribution in [0, 0.1) is 11.3 Å². The van der Waals surface area contributed by atoms with Crippen molar-refractivity contribution in [1.82, 2.24) is 10.2 Å². The fourth-order valence-electron chi connectivity index (χ4n) is 3.70. The van der Waals surface area contributed by atoms with E-state index < -0.39 is 5.54 Å². The number of piperazine rings is 1. The van der Waals surface area contributed by atoms with Gasteiger partial charge in [0.1, 0.15) is 5.54 Å². The van der Waals surface area contributed by atoms with E-state index in [-0.39, 0.29) is 18.4 Å². The van der Waals surface area contributed by atoms with Gasteiger partial charge in [0.05, 0.1) is 6.54 Å². The Kier molecular flexibility index (Phi) is 2.88. The van der Waals surface area contributed by atoms with E-state index in [0.717, 1.165) is 32.2 Å². The molecule has 1 atom stereocenters. The molecule has 1 saturated heterocycles. The van der Waals surface area contributed by atoms with Crippen molar-refractivity contribution in [2.24, 2.45) is 11.3 Å². The minimum absolute atomic E-state index is 0.0277. The van der Waals surface area contributed by atoms with E-state index in [1.54, 1.807) is 0 Å². The number of nitrogens with zero attached hydrogens (tertiary/aromatic N) is 1. The van der Waals surface area contributed by atoms with Gasteiger partial charge in [0.15, 0.2) is 0 Å². The highest BCUT2D eigenvalue weighted by atomic mass is 16.2. The molecule has 1 spiro atoms. The molecule has 0 aromatic carbocycles. The molecule has 1 heterocycles. The van der Waals surface area contributed by atoms with Crippen molar-refractivity contribution in [3.8, 4) is 0 Å². The minimum atomic E-state index is -0.563. The first-order chi connectivity index (χ1) is 8.93. The average Bonchev–Trinajstić information content (AvgIpc) is 2.94. The van der Waals surface area contributed by atoms with E-state index in [1.807, 2.05) is 4.90 Å². The molecule has 2 saturated carbocycles. The van der Waals surface area contributed by atoms with E-state index in [0.29, 0.717) is 11.3 Å². The van der Waals surface area contributed by atoms with Gasteiger partial charge in [0.25, 0.3) is 0 Å². The molecule has 1 unspecified atom stereocenters. The molecule has 2 aliphatic carbocycles. The zero-order valence-corrected chi connectivity index (χ0v) is 12.0. The third-order valence-corrected chi connectivity index (χ3v) is 5.28.